The fraction of sp³-hybridized carbons (Fsp3) is 0.176. The van der Waals surface area contributed by atoms with Crippen molar-refractivity contribution in [3.8, 4) is 0 Å². The summed E-state index contributed by atoms with van der Waals surface area (Å²) in [6.45, 7) is 4.14. The van der Waals surface area contributed by atoms with E-state index in [1.165, 1.54) is 23.9 Å². The molecule has 4 nitrogen and oxygen atoms in total. The zero-order valence-electron chi connectivity index (χ0n) is 12.6. The fourth-order valence-electron chi connectivity index (χ4n) is 1.95. The first-order chi connectivity index (χ1) is 10.5. The van der Waals surface area contributed by atoms with Gasteiger partial charge in [0.15, 0.2) is 0 Å². The summed E-state index contributed by atoms with van der Waals surface area (Å²) in [5, 5.41) is 6.89. The number of hydrogen-bond acceptors (Lipinski definition) is 3. The number of benzene rings is 2. The topological polar surface area (TPSA) is 53.5 Å². The molecule has 2 N–H and O–H groups in total. The molecule has 0 saturated carbocycles. The molecule has 0 radical (unpaired) electrons. The third-order valence-electron chi connectivity index (χ3n) is 3.09. The number of hydrogen-bond donors (Lipinski definition) is 2. The van der Waals surface area contributed by atoms with Crippen molar-refractivity contribution in [3.63, 3.8) is 0 Å². The molecule has 1 amide bonds. The van der Waals surface area contributed by atoms with E-state index in [9.17, 15) is 9.18 Å². The molecule has 0 aliphatic carbocycles. The van der Waals surface area contributed by atoms with Crippen molar-refractivity contribution in [1.82, 2.24) is 5.43 Å². The summed E-state index contributed by atoms with van der Waals surface area (Å²) in [5.41, 5.74) is 6.32. The monoisotopic (exact) mass is 299 g/mol. The van der Waals surface area contributed by atoms with Crippen molar-refractivity contribution in [2.24, 2.45) is 5.10 Å². The predicted molar refractivity (Wildman–Crippen MR) is 86.5 cm³/mol. The van der Waals surface area contributed by atoms with Crippen LogP contribution in [0.3, 0.4) is 0 Å². The number of carbonyl (C=O) groups excluding carboxylic acids is 1. The second-order valence-electron chi connectivity index (χ2n) is 5.02. The van der Waals surface area contributed by atoms with E-state index in [2.05, 4.69) is 15.8 Å². The maximum absolute atomic E-state index is 12.7. The lowest BCUT2D eigenvalue weighted by molar-refractivity contribution is -0.119. The van der Waals surface area contributed by atoms with Crippen LogP contribution in [0.1, 0.15) is 16.7 Å². The van der Waals surface area contributed by atoms with E-state index in [1.807, 2.05) is 32.0 Å². The highest BCUT2D eigenvalue weighted by Gasteiger charge is 2.02. The lowest BCUT2D eigenvalue weighted by atomic mass is 10.1. The number of anilines is 1. The molecule has 5 heteroatoms. The minimum atomic E-state index is -0.307. The predicted octanol–water partition coefficient (Wildman–Crippen LogP) is 3.00. The van der Waals surface area contributed by atoms with Crippen LogP contribution in [0.2, 0.25) is 0 Å². The van der Waals surface area contributed by atoms with Crippen LogP contribution in [0, 0.1) is 19.7 Å². The fourth-order valence-corrected chi connectivity index (χ4v) is 1.95. The van der Waals surface area contributed by atoms with Gasteiger partial charge >= 0.3 is 0 Å². The van der Waals surface area contributed by atoms with Crippen LogP contribution in [0.25, 0.3) is 0 Å². The number of rotatable bonds is 5. The summed E-state index contributed by atoms with van der Waals surface area (Å²) >= 11 is 0. The van der Waals surface area contributed by atoms with E-state index in [4.69, 9.17) is 0 Å². The van der Waals surface area contributed by atoms with E-state index >= 15 is 0 Å². The van der Waals surface area contributed by atoms with Crippen molar-refractivity contribution >= 4 is 17.8 Å². The standard InChI is InChI=1S/C17H18FN3O/c1-12-3-8-16(13(2)9-12)19-11-17(22)21-20-10-14-4-6-15(18)7-5-14/h3-10,19H,11H2,1-2H3,(H,21,22)/b20-10+. The van der Waals surface area contributed by atoms with E-state index in [1.54, 1.807) is 12.1 Å². The molecule has 114 valence electrons. The Morgan fingerprint density at radius 2 is 1.91 bits per heavy atom. The largest absolute Gasteiger partial charge is 0.376 e. The number of aryl methyl sites for hydroxylation is 2. The van der Waals surface area contributed by atoms with E-state index in [0.717, 1.165) is 11.3 Å². The van der Waals surface area contributed by atoms with Crippen molar-refractivity contribution < 1.29 is 9.18 Å². The zero-order chi connectivity index (χ0) is 15.9. The zero-order valence-corrected chi connectivity index (χ0v) is 12.6. The molecule has 0 aromatic heterocycles. The van der Waals surface area contributed by atoms with Crippen molar-refractivity contribution in [2.75, 3.05) is 11.9 Å². The third-order valence-corrected chi connectivity index (χ3v) is 3.09. The second-order valence-corrected chi connectivity index (χ2v) is 5.02. The Hall–Kier alpha value is -2.69. The van der Waals surface area contributed by atoms with Crippen LogP contribution in [0.15, 0.2) is 47.6 Å². The maximum atomic E-state index is 12.7. The van der Waals surface area contributed by atoms with Gasteiger partial charge in [-0.1, -0.05) is 29.8 Å². The number of nitrogens with zero attached hydrogens (tertiary/aromatic N) is 1. The summed E-state index contributed by atoms with van der Waals surface area (Å²) in [6, 6.07) is 11.8. The average molecular weight is 299 g/mol. The molecule has 0 aliphatic rings. The van der Waals surface area contributed by atoms with Gasteiger partial charge in [-0.25, -0.2) is 9.82 Å². The van der Waals surface area contributed by atoms with Gasteiger partial charge in [-0.15, -0.1) is 0 Å². The minimum absolute atomic E-state index is 0.130. The normalized spacial score (nSPS) is 10.7. The van der Waals surface area contributed by atoms with Gasteiger partial charge in [0.05, 0.1) is 12.8 Å². The Morgan fingerprint density at radius 1 is 1.18 bits per heavy atom. The Bertz CT molecular complexity index is 681. The number of amides is 1. The summed E-state index contributed by atoms with van der Waals surface area (Å²) < 4.78 is 12.7. The minimum Gasteiger partial charge on any atom is -0.376 e. The van der Waals surface area contributed by atoms with Crippen molar-refractivity contribution in [2.45, 2.75) is 13.8 Å². The molecule has 0 unspecified atom stereocenters. The van der Waals surface area contributed by atoms with Gasteiger partial charge in [0.2, 0.25) is 0 Å². The van der Waals surface area contributed by atoms with Gasteiger partial charge < -0.3 is 5.32 Å². The number of nitrogens with one attached hydrogen (secondary N) is 2. The quantitative estimate of drug-likeness (QED) is 0.658. The summed E-state index contributed by atoms with van der Waals surface area (Å²) in [6.07, 6.45) is 1.47. The highest BCUT2D eigenvalue weighted by Crippen LogP contribution is 2.15. The van der Waals surface area contributed by atoms with Crippen LogP contribution in [0.5, 0.6) is 0 Å². The molecule has 0 atom stereocenters. The Labute approximate surface area is 129 Å². The van der Waals surface area contributed by atoms with E-state index < -0.39 is 0 Å². The first kappa shape index (κ1) is 15.7. The Morgan fingerprint density at radius 3 is 2.59 bits per heavy atom. The van der Waals surface area contributed by atoms with Crippen molar-refractivity contribution in [1.29, 1.82) is 0 Å². The number of carbonyl (C=O) groups is 1. The van der Waals surface area contributed by atoms with Crippen molar-refractivity contribution in [3.05, 3.63) is 65.0 Å². The maximum Gasteiger partial charge on any atom is 0.259 e. The van der Waals surface area contributed by atoms with Gasteiger partial charge in [-0.3, -0.25) is 4.79 Å². The Kier molecular flexibility index (Phi) is 5.25. The van der Waals surface area contributed by atoms with Crippen LogP contribution in [0.4, 0.5) is 10.1 Å². The van der Waals surface area contributed by atoms with Gasteiger partial charge in [-0.05, 0) is 43.2 Å². The molecule has 22 heavy (non-hydrogen) atoms. The highest BCUT2D eigenvalue weighted by molar-refractivity contribution is 5.84. The van der Waals surface area contributed by atoms with Gasteiger partial charge in [0.1, 0.15) is 5.82 Å². The molecule has 0 saturated heterocycles. The van der Waals surface area contributed by atoms with Crippen LogP contribution >= 0.6 is 0 Å². The number of halogens is 1. The molecule has 0 fully saturated rings. The third kappa shape index (κ3) is 4.70. The molecule has 0 spiro atoms. The molecule has 0 bridgehead atoms. The Balaban J connectivity index is 1.81. The van der Waals surface area contributed by atoms with Gasteiger partial charge in [0, 0.05) is 5.69 Å². The summed E-state index contributed by atoms with van der Waals surface area (Å²) in [5.74, 6) is -0.558. The van der Waals surface area contributed by atoms with Crippen LogP contribution in [-0.2, 0) is 4.79 Å². The van der Waals surface area contributed by atoms with Crippen LogP contribution < -0.4 is 10.7 Å². The SMILES string of the molecule is Cc1ccc(NCC(=O)N/N=C/c2ccc(F)cc2)c(C)c1. The molecule has 2 aromatic carbocycles. The molecule has 0 heterocycles. The molecule has 2 aromatic rings. The van der Waals surface area contributed by atoms with Crippen LogP contribution in [-0.4, -0.2) is 18.7 Å². The average Bonchev–Trinajstić information content (AvgIpc) is 2.48. The second kappa shape index (κ2) is 7.36. The van der Waals surface area contributed by atoms with Gasteiger partial charge in [-0.2, -0.15) is 5.10 Å². The first-order valence-corrected chi connectivity index (χ1v) is 6.93. The summed E-state index contributed by atoms with van der Waals surface area (Å²) in [4.78, 5) is 11.7. The first-order valence-electron chi connectivity index (χ1n) is 6.93. The van der Waals surface area contributed by atoms with E-state index in [-0.39, 0.29) is 18.3 Å². The number of hydrazone groups is 1. The van der Waals surface area contributed by atoms with Gasteiger partial charge in [0.25, 0.3) is 5.91 Å². The molecular formula is C17H18FN3O. The molecular weight excluding hydrogens is 281 g/mol. The van der Waals surface area contributed by atoms with E-state index in [0.29, 0.717) is 5.56 Å². The smallest absolute Gasteiger partial charge is 0.259 e. The lowest BCUT2D eigenvalue weighted by Crippen LogP contribution is -2.26. The lowest BCUT2D eigenvalue weighted by Gasteiger charge is -2.09. The molecule has 0 aliphatic heterocycles. The summed E-state index contributed by atoms with van der Waals surface area (Å²) in [7, 11) is 0. The highest BCUT2D eigenvalue weighted by atomic mass is 19.1. The molecule has 2 rings (SSSR count).